The molecule has 3 N–H and O–H groups in total. The van der Waals surface area contributed by atoms with Gasteiger partial charge in [-0.2, -0.15) is 0 Å². The molecule has 260 valence electrons. The van der Waals surface area contributed by atoms with Crippen molar-refractivity contribution in [3.05, 3.63) is 139 Å². The van der Waals surface area contributed by atoms with Crippen LogP contribution in [0.5, 0.6) is 0 Å². The second-order valence-electron chi connectivity index (χ2n) is 11.3. The highest BCUT2D eigenvalue weighted by Crippen LogP contribution is 2.32. The smallest absolute Gasteiger partial charge is 0.335 e. The van der Waals surface area contributed by atoms with E-state index >= 15 is 0 Å². The number of aromatic carboxylic acids is 1. The van der Waals surface area contributed by atoms with Gasteiger partial charge in [0.2, 0.25) is 0 Å². The number of benzene rings is 4. The number of rotatable bonds is 8. The van der Waals surface area contributed by atoms with Gasteiger partial charge < -0.3 is 29.8 Å². The normalized spacial score (nSPS) is 15.8. The van der Waals surface area contributed by atoms with Gasteiger partial charge in [0.1, 0.15) is 11.6 Å². The fraction of sp³-hybridized carbons (Fsp3) is 0.297. The van der Waals surface area contributed by atoms with E-state index in [4.69, 9.17) is 29.8 Å². The van der Waals surface area contributed by atoms with Crippen LogP contribution >= 0.6 is 31.9 Å². The maximum absolute atomic E-state index is 13.9. The van der Waals surface area contributed by atoms with Gasteiger partial charge in [0.15, 0.2) is 18.4 Å². The van der Waals surface area contributed by atoms with Crippen LogP contribution in [0.1, 0.15) is 87.8 Å². The average Bonchev–Trinajstić information content (AvgIpc) is 3.82. The third kappa shape index (κ3) is 10.8. The van der Waals surface area contributed by atoms with Crippen LogP contribution in [0.3, 0.4) is 0 Å². The van der Waals surface area contributed by atoms with Crippen molar-refractivity contribution in [2.75, 3.05) is 26.4 Å². The fourth-order valence-corrected chi connectivity index (χ4v) is 5.92. The van der Waals surface area contributed by atoms with Crippen LogP contribution < -0.4 is 5.73 Å². The molecule has 0 radical (unpaired) electrons. The number of nitrogens with two attached hydrogens (primary N) is 1. The van der Waals surface area contributed by atoms with Crippen molar-refractivity contribution >= 4 is 43.6 Å². The second-order valence-corrected chi connectivity index (χ2v) is 13.0. The number of carboxylic acid groups (broad SMARTS) is 1. The molecule has 2 fully saturated rings. The van der Waals surface area contributed by atoms with Crippen LogP contribution in [0.2, 0.25) is 0 Å². The van der Waals surface area contributed by atoms with Crippen molar-refractivity contribution in [1.82, 2.24) is 0 Å². The van der Waals surface area contributed by atoms with Gasteiger partial charge in [0.05, 0.1) is 32.0 Å². The number of Topliss-reactive ketones (excluding diaryl/α,β-unsaturated/α-hetero) is 1. The molecule has 2 aliphatic rings. The first kappa shape index (κ1) is 38.4. The molecule has 4 aromatic rings. The summed E-state index contributed by atoms with van der Waals surface area (Å²) in [4.78, 5) is 23.4. The van der Waals surface area contributed by atoms with Crippen molar-refractivity contribution in [2.24, 2.45) is 5.73 Å². The maximum Gasteiger partial charge on any atom is 0.335 e. The molecule has 2 atom stereocenters. The van der Waals surface area contributed by atoms with Crippen molar-refractivity contribution in [3.63, 3.8) is 0 Å². The quantitative estimate of drug-likeness (QED) is 0.170. The maximum atomic E-state index is 13.9. The molecule has 6 rings (SSSR count). The van der Waals surface area contributed by atoms with Crippen molar-refractivity contribution in [3.8, 4) is 0 Å². The number of halogens is 4. The summed E-state index contributed by atoms with van der Waals surface area (Å²) in [6, 6.07) is 23.0. The first-order chi connectivity index (χ1) is 23.5. The number of carbonyl (C=O) groups is 2. The van der Waals surface area contributed by atoms with Gasteiger partial charge in [-0.3, -0.25) is 4.79 Å². The molecule has 2 unspecified atom stereocenters. The number of carboxylic acids is 1. The number of carbonyl (C=O) groups excluding carboxylic acids is 1. The van der Waals surface area contributed by atoms with E-state index in [0.717, 1.165) is 14.5 Å². The highest BCUT2D eigenvalue weighted by Gasteiger charge is 2.24. The third-order valence-electron chi connectivity index (χ3n) is 7.64. The van der Waals surface area contributed by atoms with Crippen molar-refractivity contribution in [2.45, 2.75) is 44.8 Å². The van der Waals surface area contributed by atoms with E-state index in [1.165, 1.54) is 18.2 Å². The molecule has 49 heavy (non-hydrogen) atoms. The van der Waals surface area contributed by atoms with Crippen LogP contribution in [-0.2, 0) is 18.9 Å². The standard InChI is InChI=1S/C19H18BrFO3.C10H9BrO4.C8H10FN/c1-12(14-4-2-3-5-17(14)21)10-18(22)13-6-7-16(20)15(11-13)19-23-8-9-24-19;11-8-2-1-6(9(12)13)5-7(8)10-14-3-4-15-10;1-6(10)7-4-2-3-5-8(7)9/h2-7,11-12,19H,8-10H2,1H3;1-2,5,10H,3-4H2,(H,12,13);2-6H,10H2,1H3. The third-order valence-corrected chi connectivity index (χ3v) is 9.08. The number of hydrogen-bond donors (Lipinski definition) is 2. The number of ether oxygens (including phenoxy) is 4. The number of hydrogen-bond acceptors (Lipinski definition) is 7. The van der Waals surface area contributed by atoms with Gasteiger partial charge >= 0.3 is 5.97 Å². The summed E-state index contributed by atoms with van der Waals surface area (Å²) in [6.07, 6.45) is -0.663. The summed E-state index contributed by atoms with van der Waals surface area (Å²) < 4.78 is 49.9. The van der Waals surface area contributed by atoms with Gasteiger partial charge in [-0.05, 0) is 60.9 Å². The zero-order chi connectivity index (χ0) is 35.5. The summed E-state index contributed by atoms with van der Waals surface area (Å²) >= 11 is 6.80. The zero-order valence-electron chi connectivity index (χ0n) is 26.9. The van der Waals surface area contributed by atoms with Crippen LogP contribution in [0, 0.1) is 11.6 Å². The Hall–Kier alpha value is -3.36. The first-order valence-electron chi connectivity index (χ1n) is 15.5. The Morgan fingerprint density at radius 2 is 1.16 bits per heavy atom. The molecule has 0 spiro atoms. The second kappa shape index (κ2) is 18.6. The molecule has 0 aliphatic carbocycles. The van der Waals surface area contributed by atoms with Crippen LogP contribution in [0.4, 0.5) is 8.78 Å². The summed E-state index contributed by atoms with van der Waals surface area (Å²) in [5.74, 6) is -1.68. The van der Waals surface area contributed by atoms with Crippen molar-refractivity contribution in [1.29, 1.82) is 0 Å². The Morgan fingerprint density at radius 3 is 1.59 bits per heavy atom. The predicted octanol–water partition coefficient (Wildman–Crippen LogP) is 9.05. The van der Waals surface area contributed by atoms with Crippen LogP contribution in [-0.4, -0.2) is 43.3 Å². The Kier molecular flexibility index (Phi) is 14.6. The minimum atomic E-state index is -0.957. The molecule has 2 heterocycles. The zero-order valence-corrected chi connectivity index (χ0v) is 30.1. The topological polar surface area (TPSA) is 117 Å². The molecule has 0 saturated carbocycles. The molecule has 8 nitrogen and oxygen atoms in total. The Labute approximate surface area is 300 Å². The van der Waals surface area contributed by atoms with E-state index < -0.39 is 18.5 Å². The SMILES string of the molecule is CC(CC(=O)c1ccc(Br)c(C2OCCO2)c1)c1ccccc1F.CC(N)c1ccccc1F.O=C(O)c1ccc(Br)c(C2OCCO2)c1. The van der Waals surface area contributed by atoms with Crippen LogP contribution in [0.25, 0.3) is 0 Å². The van der Waals surface area contributed by atoms with E-state index in [2.05, 4.69) is 31.9 Å². The van der Waals surface area contributed by atoms with E-state index in [-0.39, 0.29) is 41.4 Å². The molecule has 4 aromatic carbocycles. The van der Waals surface area contributed by atoms with Gasteiger partial charge in [-0.15, -0.1) is 0 Å². The lowest BCUT2D eigenvalue weighted by molar-refractivity contribution is -0.0448. The number of ketones is 1. The molecule has 0 bridgehead atoms. The first-order valence-corrected chi connectivity index (χ1v) is 17.1. The molecule has 12 heteroatoms. The molecular formula is C37H37Br2F2NO7. The molecular weight excluding hydrogens is 768 g/mol. The van der Waals surface area contributed by atoms with Crippen LogP contribution in [0.15, 0.2) is 93.9 Å². The van der Waals surface area contributed by atoms with E-state index in [0.29, 0.717) is 48.7 Å². The van der Waals surface area contributed by atoms with E-state index in [9.17, 15) is 18.4 Å². The largest absolute Gasteiger partial charge is 0.478 e. The average molecular weight is 806 g/mol. The highest BCUT2D eigenvalue weighted by molar-refractivity contribution is 9.10. The van der Waals surface area contributed by atoms with Gasteiger partial charge in [-0.1, -0.05) is 81.2 Å². The van der Waals surface area contributed by atoms with Gasteiger partial charge in [0.25, 0.3) is 0 Å². The summed E-state index contributed by atoms with van der Waals surface area (Å²) in [7, 11) is 0. The Bertz CT molecular complexity index is 1730. The Balaban J connectivity index is 0.000000184. The lowest BCUT2D eigenvalue weighted by atomic mass is 9.92. The minimum absolute atomic E-state index is 0.0301. The summed E-state index contributed by atoms with van der Waals surface area (Å²) in [5, 5.41) is 8.85. The van der Waals surface area contributed by atoms with E-state index in [1.807, 2.05) is 13.0 Å². The van der Waals surface area contributed by atoms with E-state index in [1.54, 1.807) is 67.6 Å². The molecule has 0 aromatic heterocycles. The van der Waals surface area contributed by atoms with Gasteiger partial charge in [-0.25, -0.2) is 13.6 Å². The summed E-state index contributed by atoms with van der Waals surface area (Å²) in [6.45, 7) is 5.78. The summed E-state index contributed by atoms with van der Waals surface area (Å²) in [5.41, 5.74) is 8.93. The fourth-order valence-electron chi connectivity index (χ4n) is 5.06. The Morgan fingerprint density at radius 1 is 0.735 bits per heavy atom. The minimum Gasteiger partial charge on any atom is -0.478 e. The lowest BCUT2D eigenvalue weighted by Crippen LogP contribution is -2.08. The van der Waals surface area contributed by atoms with Crippen molar-refractivity contribution < 1.29 is 42.4 Å². The molecule has 0 amide bonds. The van der Waals surface area contributed by atoms with Gasteiger partial charge in [0, 0.05) is 43.7 Å². The lowest BCUT2D eigenvalue weighted by Gasteiger charge is -2.15. The monoisotopic (exact) mass is 803 g/mol. The predicted molar refractivity (Wildman–Crippen MR) is 187 cm³/mol. The highest BCUT2D eigenvalue weighted by atomic mass is 79.9. The molecule has 2 aliphatic heterocycles. The molecule has 2 saturated heterocycles.